The van der Waals surface area contributed by atoms with E-state index in [1.807, 2.05) is 0 Å². The maximum absolute atomic E-state index is 13.0. The standard InChI is InChI=1S/C19H11F4N5O3/c20-10-2-5-11(6-3-10)26-14-13(15(29)16(14)30)25-8-12-4-1-9(7-24-12)17-27-18(31-28-17)19(21,22)23/h1-7,25-26H,8H2. The van der Waals surface area contributed by atoms with Crippen LogP contribution < -0.4 is 21.5 Å². The van der Waals surface area contributed by atoms with E-state index in [1.165, 1.54) is 42.6 Å². The third-order valence-corrected chi connectivity index (χ3v) is 4.22. The summed E-state index contributed by atoms with van der Waals surface area (Å²) in [4.78, 5) is 31.0. The number of aromatic nitrogens is 3. The van der Waals surface area contributed by atoms with E-state index in [-0.39, 0.29) is 29.3 Å². The van der Waals surface area contributed by atoms with Crippen LogP contribution in [0, 0.1) is 5.82 Å². The van der Waals surface area contributed by atoms with Crippen molar-refractivity contribution in [3.8, 4) is 11.4 Å². The average molecular weight is 433 g/mol. The van der Waals surface area contributed by atoms with E-state index in [0.717, 1.165) is 0 Å². The number of anilines is 3. The van der Waals surface area contributed by atoms with E-state index in [0.29, 0.717) is 11.4 Å². The van der Waals surface area contributed by atoms with E-state index in [9.17, 15) is 27.2 Å². The van der Waals surface area contributed by atoms with Crippen molar-refractivity contribution >= 4 is 17.1 Å². The predicted octanol–water partition coefficient (Wildman–Crippen LogP) is 3.24. The molecule has 0 amide bonds. The number of nitrogens with one attached hydrogen (secondary N) is 2. The van der Waals surface area contributed by atoms with Crippen molar-refractivity contribution in [3.05, 3.63) is 80.4 Å². The summed E-state index contributed by atoms with van der Waals surface area (Å²) >= 11 is 0. The maximum atomic E-state index is 13.0. The second-order valence-electron chi connectivity index (χ2n) is 6.35. The van der Waals surface area contributed by atoms with E-state index in [1.54, 1.807) is 0 Å². The lowest BCUT2D eigenvalue weighted by molar-refractivity contribution is -0.159. The highest BCUT2D eigenvalue weighted by Crippen LogP contribution is 2.29. The average Bonchev–Trinajstić information content (AvgIpc) is 3.25. The molecule has 2 aromatic carbocycles. The van der Waals surface area contributed by atoms with Crippen molar-refractivity contribution in [2.75, 3.05) is 10.6 Å². The summed E-state index contributed by atoms with van der Waals surface area (Å²) in [6, 6.07) is 8.16. The number of hydrogen-bond donors (Lipinski definition) is 2. The molecular formula is C19H11F4N5O3. The lowest BCUT2D eigenvalue weighted by atomic mass is 10.1. The molecule has 0 aliphatic rings. The van der Waals surface area contributed by atoms with Crippen LogP contribution in [-0.4, -0.2) is 15.1 Å². The zero-order valence-electron chi connectivity index (χ0n) is 15.3. The summed E-state index contributed by atoms with van der Waals surface area (Å²) in [5.41, 5.74) is -0.273. The number of pyridine rings is 1. The van der Waals surface area contributed by atoms with Crippen LogP contribution in [0.5, 0.6) is 0 Å². The molecule has 0 saturated heterocycles. The predicted molar refractivity (Wildman–Crippen MR) is 101 cm³/mol. The molecule has 0 unspecified atom stereocenters. The van der Waals surface area contributed by atoms with Gasteiger partial charge in [0, 0.05) is 17.4 Å². The molecule has 0 bridgehead atoms. The molecule has 158 valence electrons. The zero-order chi connectivity index (χ0) is 22.2. The number of benzene rings is 1. The van der Waals surface area contributed by atoms with Crippen molar-refractivity contribution < 1.29 is 22.1 Å². The van der Waals surface area contributed by atoms with Crippen LogP contribution in [0.4, 0.5) is 34.6 Å². The van der Waals surface area contributed by atoms with Gasteiger partial charge in [-0.1, -0.05) is 5.16 Å². The minimum Gasteiger partial charge on any atom is -0.374 e. The Bertz CT molecular complexity index is 1290. The molecule has 31 heavy (non-hydrogen) atoms. The molecule has 2 heterocycles. The molecule has 0 fully saturated rings. The van der Waals surface area contributed by atoms with Crippen LogP contribution in [0.1, 0.15) is 11.6 Å². The summed E-state index contributed by atoms with van der Waals surface area (Å²) in [6.45, 7) is 0.0588. The Labute approximate surface area is 170 Å². The molecule has 4 aromatic rings. The van der Waals surface area contributed by atoms with Gasteiger partial charge in [-0.05, 0) is 36.4 Å². The molecule has 0 aliphatic heterocycles. The number of alkyl halides is 3. The fourth-order valence-corrected chi connectivity index (χ4v) is 2.65. The molecule has 12 heteroatoms. The molecule has 0 atom stereocenters. The quantitative estimate of drug-likeness (QED) is 0.352. The SMILES string of the molecule is O=c1c(NCc2ccc(-c3noc(C(F)(F)F)n3)cn2)c(Nc2ccc(F)cc2)c1=O. The van der Waals surface area contributed by atoms with Crippen LogP contribution >= 0.6 is 0 Å². The van der Waals surface area contributed by atoms with Crippen molar-refractivity contribution in [2.24, 2.45) is 0 Å². The van der Waals surface area contributed by atoms with Crippen LogP contribution in [0.2, 0.25) is 0 Å². The second kappa shape index (κ2) is 7.63. The first-order valence-electron chi connectivity index (χ1n) is 8.68. The molecule has 2 aromatic heterocycles. The highest BCUT2D eigenvalue weighted by atomic mass is 19.4. The number of halogens is 4. The summed E-state index contributed by atoms with van der Waals surface area (Å²) in [7, 11) is 0. The lowest BCUT2D eigenvalue weighted by Gasteiger charge is -2.14. The van der Waals surface area contributed by atoms with Crippen molar-refractivity contribution in [1.29, 1.82) is 0 Å². The fourth-order valence-electron chi connectivity index (χ4n) is 2.65. The molecule has 0 aliphatic carbocycles. The Morgan fingerprint density at radius 1 is 0.968 bits per heavy atom. The first-order chi connectivity index (χ1) is 14.7. The zero-order valence-corrected chi connectivity index (χ0v) is 15.3. The van der Waals surface area contributed by atoms with Gasteiger partial charge in [0.05, 0.1) is 12.2 Å². The number of nitrogens with zero attached hydrogens (tertiary/aromatic N) is 3. The largest absolute Gasteiger partial charge is 0.471 e. The van der Waals surface area contributed by atoms with Crippen LogP contribution in [-0.2, 0) is 12.7 Å². The molecule has 0 saturated carbocycles. The Kier molecular flexibility index (Phi) is 4.97. The minimum absolute atomic E-state index is 0.0414. The van der Waals surface area contributed by atoms with E-state index < -0.39 is 28.7 Å². The Morgan fingerprint density at radius 2 is 1.68 bits per heavy atom. The Balaban J connectivity index is 1.44. The third-order valence-electron chi connectivity index (χ3n) is 4.22. The van der Waals surface area contributed by atoms with Gasteiger partial charge in [0.25, 0.3) is 10.9 Å². The molecule has 8 nitrogen and oxygen atoms in total. The number of rotatable bonds is 6. The Morgan fingerprint density at radius 3 is 2.29 bits per heavy atom. The second-order valence-corrected chi connectivity index (χ2v) is 6.35. The molecule has 0 spiro atoms. The van der Waals surface area contributed by atoms with Gasteiger partial charge in [-0.15, -0.1) is 0 Å². The summed E-state index contributed by atoms with van der Waals surface area (Å²) < 4.78 is 54.8. The van der Waals surface area contributed by atoms with Gasteiger partial charge in [0.1, 0.15) is 17.2 Å². The smallest absolute Gasteiger partial charge is 0.374 e. The first kappa shape index (κ1) is 20.2. The van der Waals surface area contributed by atoms with Gasteiger partial charge in [-0.3, -0.25) is 14.6 Å². The van der Waals surface area contributed by atoms with Crippen molar-refractivity contribution in [1.82, 2.24) is 15.1 Å². The monoisotopic (exact) mass is 433 g/mol. The first-order valence-corrected chi connectivity index (χ1v) is 8.68. The highest BCUT2D eigenvalue weighted by Gasteiger charge is 2.38. The fraction of sp³-hybridized carbons (Fsp3) is 0.105. The van der Waals surface area contributed by atoms with E-state index in [4.69, 9.17) is 0 Å². The van der Waals surface area contributed by atoms with Gasteiger partial charge < -0.3 is 15.2 Å². The molecule has 0 radical (unpaired) electrons. The van der Waals surface area contributed by atoms with E-state index >= 15 is 0 Å². The third kappa shape index (κ3) is 4.13. The molecule has 2 N–H and O–H groups in total. The van der Waals surface area contributed by atoms with Crippen molar-refractivity contribution in [3.63, 3.8) is 0 Å². The summed E-state index contributed by atoms with van der Waals surface area (Å²) in [5.74, 6) is -2.18. The van der Waals surface area contributed by atoms with Gasteiger partial charge in [-0.2, -0.15) is 18.2 Å². The van der Waals surface area contributed by atoms with Crippen LogP contribution in [0.3, 0.4) is 0 Å². The van der Waals surface area contributed by atoms with E-state index in [2.05, 4.69) is 30.3 Å². The lowest BCUT2D eigenvalue weighted by Crippen LogP contribution is -2.36. The maximum Gasteiger partial charge on any atom is 0.471 e. The normalized spacial score (nSPS) is 11.6. The van der Waals surface area contributed by atoms with Crippen LogP contribution in [0.25, 0.3) is 11.4 Å². The highest BCUT2D eigenvalue weighted by molar-refractivity contribution is 5.78. The van der Waals surface area contributed by atoms with Gasteiger partial charge in [0.15, 0.2) is 0 Å². The van der Waals surface area contributed by atoms with Crippen LogP contribution in [0.15, 0.2) is 56.7 Å². The molecular weight excluding hydrogens is 422 g/mol. The minimum atomic E-state index is -4.75. The van der Waals surface area contributed by atoms with Gasteiger partial charge in [0.2, 0.25) is 5.82 Å². The Hall–Kier alpha value is -4.09. The number of hydrogen-bond acceptors (Lipinski definition) is 8. The van der Waals surface area contributed by atoms with Gasteiger partial charge in [-0.25, -0.2) is 4.39 Å². The molecule has 4 rings (SSSR count). The summed E-state index contributed by atoms with van der Waals surface area (Å²) in [5, 5.41) is 8.82. The van der Waals surface area contributed by atoms with Crippen molar-refractivity contribution in [2.45, 2.75) is 12.7 Å². The summed E-state index contributed by atoms with van der Waals surface area (Å²) in [6.07, 6.45) is -3.50. The van der Waals surface area contributed by atoms with Gasteiger partial charge >= 0.3 is 12.1 Å². The topological polar surface area (TPSA) is 110 Å².